The highest BCUT2D eigenvalue weighted by atomic mass is 16.2. The van der Waals surface area contributed by atoms with Gasteiger partial charge in [-0.2, -0.15) is 0 Å². The first-order valence-electron chi connectivity index (χ1n) is 8.94. The van der Waals surface area contributed by atoms with E-state index in [4.69, 9.17) is 0 Å². The van der Waals surface area contributed by atoms with E-state index in [1.54, 1.807) is 0 Å². The molecule has 3 unspecified atom stereocenters. The van der Waals surface area contributed by atoms with Crippen molar-refractivity contribution in [1.29, 1.82) is 0 Å². The van der Waals surface area contributed by atoms with E-state index in [0.717, 1.165) is 25.9 Å². The molecular formula is C19H29N2O+. The Morgan fingerprint density at radius 1 is 1.14 bits per heavy atom. The first kappa shape index (κ1) is 15.5. The number of hydrogen-bond acceptors (Lipinski definition) is 1. The molecule has 2 aliphatic rings. The predicted octanol–water partition coefficient (Wildman–Crippen LogP) is 2.10. The third-order valence-corrected chi connectivity index (χ3v) is 5.31. The predicted molar refractivity (Wildman–Crippen MR) is 88.7 cm³/mol. The fourth-order valence-corrected chi connectivity index (χ4v) is 4.16. The van der Waals surface area contributed by atoms with E-state index in [1.165, 1.54) is 36.1 Å². The number of nitrogens with one attached hydrogen (secondary N) is 2. The second kappa shape index (κ2) is 7.28. The summed E-state index contributed by atoms with van der Waals surface area (Å²) in [7, 11) is 0. The molecule has 22 heavy (non-hydrogen) atoms. The Hall–Kier alpha value is -1.35. The van der Waals surface area contributed by atoms with Crippen LogP contribution in [-0.4, -0.2) is 25.0 Å². The van der Waals surface area contributed by atoms with Gasteiger partial charge in [0.2, 0.25) is 0 Å². The van der Waals surface area contributed by atoms with Gasteiger partial charge in [0, 0.05) is 17.5 Å². The van der Waals surface area contributed by atoms with E-state index in [-0.39, 0.29) is 11.9 Å². The van der Waals surface area contributed by atoms with Crippen LogP contribution in [0.25, 0.3) is 0 Å². The summed E-state index contributed by atoms with van der Waals surface area (Å²) < 4.78 is 0. The number of hydrogen-bond donors (Lipinski definition) is 2. The maximum absolute atomic E-state index is 13.0. The Morgan fingerprint density at radius 2 is 1.86 bits per heavy atom. The van der Waals surface area contributed by atoms with Crippen LogP contribution in [0.2, 0.25) is 0 Å². The molecule has 3 nitrogen and oxygen atoms in total. The zero-order valence-electron chi connectivity index (χ0n) is 13.7. The van der Waals surface area contributed by atoms with Crippen LogP contribution in [0.5, 0.6) is 0 Å². The van der Waals surface area contributed by atoms with Crippen LogP contribution in [-0.2, 0) is 4.79 Å². The lowest BCUT2D eigenvalue weighted by atomic mass is 9.95. The van der Waals surface area contributed by atoms with Gasteiger partial charge in [0.05, 0.1) is 13.1 Å². The van der Waals surface area contributed by atoms with Crippen LogP contribution in [0, 0.1) is 5.92 Å². The monoisotopic (exact) mass is 301 g/mol. The zero-order chi connectivity index (χ0) is 15.4. The topological polar surface area (TPSA) is 33.5 Å². The standard InChI is InChI=1S/C19H28N2O/c1-15-8-7-13-21(14-15)18(16-9-3-2-4-10-16)19(22)20-17-11-5-6-12-17/h2-4,9-10,15,17-18H,5-8,11-14H2,1H3,(H,20,22)/p+1. The number of benzene rings is 1. The Bertz CT molecular complexity index is 481. The normalized spacial score (nSPS) is 27.5. The SMILES string of the molecule is CC1CCC[NH+](C(C(=O)NC2CCCC2)c2ccccc2)C1. The smallest absolute Gasteiger partial charge is 0.283 e. The van der Waals surface area contributed by atoms with Crippen molar-refractivity contribution < 1.29 is 9.69 Å². The van der Waals surface area contributed by atoms with Crippen LogP contribution < -0.4 is 10.2 Å². The van der Waals surface area contributed by atoms with E-state index >= 15 is 0 Å². The maximum atomic E-state index is 13.0. The van der Waals surface area contributed by atoms with Gasteiger partial charge in [0.25, 0.3) is 5.91 Å². The summed E-state index contributed by atoms with van der Waals surface area (Å²) in [4.78, 5) is 14.4. The number of carbonyl (C=O) groups is 1. The quantitative estimate of drug-likeness (QED) is 0.877. The molecule has 1 aliphatic carbocycles. The minimum Gasteiger partial charge on any atom is -0.348 e. The molecule has 1 aliphatic heterocycles. The van der Waals surface area contributed by atoms with Crippen LogP contribution in [0.1, 0.15) is 57.1 Å². The number of quaternary nitrogens is 1. The summed E-state index contributed by atoms with van der Waals surface area (Å²) in [5, 5.41) is 3.33. The Morgan fingerprint density at radius 3 is 2.55 bits per heavy atom. The zero-order valence-corrected chi connectivity index (χ0v) is 13.7. The van der Waals surface area contributed by atoms with Crippen molar-refractivity contribution in [2.45, 2.75) is 57.5 Å². The molecule has 2 fully saturated rings. The molecule has 120 valence electrons. The fraction of sp³-hybridized carbons (Fsp3) is 0.632. The summed E-state index contributed by atoms with van der Waals surface area (Å²) in [6.07, 6.45) is 7.35. The maximum Gasteiger partial charge on any atom is 0.283 e. The van der Waals surface area contributed by atoms with Gasteiger partial charge in [-0.1, -0.05) is 50.1 Å². The molecule has 0 spiro atoms. The van der Waals surface area contributed by atoms with Gasteiger partial charge in [-0.15, -0.1) is 0 Å². The van der Waals surface area contributed by atoms with Gasteiger partial charge in [0.15, 0.2) is 6.04 Å². The van der Waals surface area contributed by atoms with Gasteiger partial charge in [-0.25, -0.2) is 0 Å². The highest BCUT2D eigenvalue weighted by Crippen LogP contribution is 2.19. The van der Waals surface area contributed by atoms with E-state index in [1.807, 2.05) is 6.07 Å². The van der Waals surface area contributed by atoms with Gasteiger partial charge in [0.1, 0.15) is 0 Å². The van der Waals surface area contributed by atoms with Gasteiger partial charge >= 0.3 is 0 Å². The minimum atomic E-state index is -0.0375. The van der Waals surface area contributed by atoms with Crippen LogP contribution >= 0.6 is 0 Å². The molecule has 0 aromatic heterocycles. The van der Waals surface area contributed by atoms with E-state index in [0.29, 0.717) is 12.0 Å². The number of likely N-dealkylation sites (tertiary alicyclic amines) is 1. The summed E-state index contributed by atoms with van der Waals surface area (Å²) in [6, 6.07) is 10.7. The number of rotatable bonds is 4. The molecule has 1 heterocycles. The van der Waals surface area contributed by atoms with E-state index < -0.39 is 0 Å². The average Bonchev–Trinajstić information content (AvgIpc) is 3.01. The Balaban J connectivity index is 1.77. The van der Waals surface area contributed by atoms with Crippen molar-refractivity contribution in [1.82, 2.24) is 5.32 Å². The average molecular weight is 301 g/mol. The minimum absolute atomic E-state index is 0.0375. The Kier molecular flexibility index (Phi) is 5.14. The molecule has 1 aromatic rings. The lowest BCUT2D eigenvalue weighted by molar-refractivity contribution is -0.930. The van der Waals surface area contributed by atoms with Crippen molar-refractivity contribution in [3.8, 4) is 0 Å². The summed E-state index contributed by atoms with van der Waals surface area (Å²) in [6.45, 7) is 4.54. The highest BCUT2D eigenvalue weighted by Gasteiger charge is 2.35. The molecule has 0 radical (unpaired) electrons. The van der Waals surface area contributed by atoms with Gasteiger partial charge in [-0.3, -0.25) is 4.79 Å². The van der Waals surface area contributed by atoms with Crippen molar-refractivity contribution in [2.24, 2.45) is 5.92 Å². The van der Waals surface area contributed by atoms with Crippen molar-refractivity contribution in [3.05, 3.63) is 35.9 Å². The fourth-order valence-electron chi connectivity index (χ4n) is 4.16. The molecule has 0 bridgehead atoms. The molecule has 1 saturated carbocycles. The second-order valence-electron chi connectivity index (χ2n) is 7.19. The summed E-state index contributed by atoms with van der Waals surface area (Å²) >= 11 is 0. The van der Waals surface area contributed by atoms with Gasteiger partial charge in [-0.05, 0) is 25.7 Å². The van der Waals surface area contributed by atoms with Crippen LogP contribution in [0.4, 0.5) is 0 Å². The summed E-state index contributed by atoms with van der Waals surface area (Å²) in [5.41, 5.74) is 1.17. The number of piperidine rings is 1. The van der Waals surface area contributed by atoms with E-state index in [9.17, 15) is 4.79 Å². The van der Waals surface area contributed by atoms with Crippen molar-refractivity contribution >= 4 is 5.91 Å². The molecule has 3 atom stereocenters. The molecule has 1 amide bonds. The highest BCUT2D eigenvalue weighted by molar-refractivity contribution is 5.82. The van der Waals surface area contributed by atoms with Crippen molar-refractivity contribution in [2.75, 3.05) is 13.1 Å². The molecule has 3 rings (SSSR count). The van der Waals surface area contributed by atoms with Crippen LogP contribution in [0.3, 0.4) is 0 Å². The third kappa shape index (κ3) is 3.70. The molecule has 1 saturated heterocycles. The van der Waals surface area contributed by atoms with Gasteiger partial charge < -0.3 is 10.2 Å². The van der Waals surface area contributed by atoms with Crippen molar-refractivity contribution in [3.63, 3.8) is 0 Å². The van der Waals surface area contributed by atoms with E-state index in [2.05, 4.69) is 36.5 Å². The second-order valence-corrected chi connectivity index (χ2v) is 7.19. The Labute approximate surface area is 134 Å². The lowest BCUT2D eigenvalue weighted by Gasteiger charge is -2.34. The van der Waals surface area contributed by atoms with Crippen LogP contribution in [0.15, 0.2) is 30.3 Å². The molecule has 3 heteroatoms. The summed E-state index contributed by atoms with van der Waals surface area (Å²) in [5.74, 6) is 0.955. The first-order valence-corrected chi connectivity index (χ1v) is 8.94. The number of carbonyl (C=O) groups excluding carboxylic acids is 1. The molecule has 2 N–H and O–H groups in total. The first-order chi connectivity index (χ1) is 10.7. The molecular weight excluding hydrogens is 272 g/mol. The third-order valence-electron chi connectivity index (χ3n) is 5.31. The molecule has 1 aromatic carbocycles. The number of amides is 1. The lowest BCUT2D eigenvalue weighted by Crippen LogP contribution is -3.15. The largest absolute Gasteiger partial charge is 0.348 e.